The van der Waals surface area contributed by atoms with Crippen molar-refractivity contribution in [2.24, 2.45) is 0 Å². The number of methoxy groups -OCH3 is 2. The van der Waals surface area contributed by atoms with E-state index in [9.17, 15) is 9.46 Å². The van der Waals surface area contributed by atoms with Gasteiger partial charge in [0, 0.05) is 48.1 Å². The Morgan fingerprint density at radius 1 is 1.00 bits per heavy atom. The fraction of sp³-hybridized carbons (Fsp3) is 0.240. The fourth-order valence-electron chi connectivity index (χ4n) is 4.15. The summed E-state index contributed by atoms with van der Waals surface area (Å²) in [4.78, 5) is 15.7. The van der Waals surface area contributed by atoms with Gasteiger partial charge in [0.05, 0.1) is 27.2 Å². The van der Waals surface area contributed by atoms with Crippen molar-refractivity contribution in [1.82, 2.24) is 0 Å². The van der Waals surface area contributed by atoms with E-state index in [2.05, 4.69) is 0 Å². The molecule has 0 saturated carbocycles. The SMILES string of the molecule is COc1cccc(OC)c1C1=C2C=CC(=[N+](C)C)C=C2P(=O)([O-])c2cc(N(C)C)ccc21. The third-order valence-electron chi connectivity index (χ3n) is 5.85. The molecule has 1 heterocycles. The Bertz CT molecular complexity index is 1260. The van der Waals surface area contributed by atoms with E-state index in [-0.39, 0.29) is 0 Å². The van der Waals surface area contributed by atoms with Crippen LogP contribution in [0.15, 0.2) is 65.5 Å². The Hall–Kier alpha value is -3.08. The summed E-state index contributed by atoms with van der Waals surface area (Å²) in [6, 6.07) is 11.1. The first-order chi connectivity index (χ1) is 15.2. The molecule has 0 saturated heterocycles. The summed E-state index contributed by atoms with van der Waals surface area (Å²) in [5, 5.41) is 0.602. The maximum atomic E-state index is 13.8. The van der Waals surface area contributed by atoms with Crippen LogP contribution in [0.3, 0.4) is 0 Å². The van der Waals surface area contributed by atoms with Crippen LogP contribution in [-0.4, -0.2) is 52.7 Å². The first-order valence-electron chi connectivity index (χ1n) is 10.2. The zero-order valence-electron chi connectivity index (χ0n) is 19.2. The predicted molar refractivity (Wildman–Crippen MR) is 128 cm³/mol. The first-order valence-corrected chi connectivity index (χ1v) is 11.9. The van der Waals surface area contributed by atoms with Crippen LogP contribution in [0.4, 0.5) is 5.69 Å². The number of ether oxygens (including phenoxy) is 2. The summed E-state index contributed by atoms with van der Waals surface area (Å²) in [7, 11) is 6.68. The van der Waals surface area contributed by atoms with Crippen LogP contribution in [0.5, 0.6) is 11.5 Å². The second kappa shape index (κ2) is 8.12. The molecule has 32 heavy (non-hydrogen) atoms. The Morgan fingerprint density at radius 3 is 2.22 bits per heavy atom. The van der Waals surface area contributed by atoms with Crippen molar-refractivity contribution in [1.29, 1.82) is 0 Å². The summed E-state index contributed by atoms with van der Waals surface area (Å²) in [6.07, 6.45) is 5.55. The highest BCUT2D eigenvalue weighted by atomic mass is 31.2. The molecule has 2 aliphatic rings. The molecule has 0 bridgehead atoms. The van der Waals surface area contributed by atoms with Crippen molar-refractivity contribution in [2.45, 2.75) is 0 Å². The van der Waals surface area contributed by atoms with E-state index in [1.165, 1.54) is 0 Å². The van der Waals surface area contributed by atoms with E-state index in [0.717, 1.165) is 22.5 Å². The highest BCUT2D eigenvalue weighted by molar-refractivity contribution is 7.69. The number of anilines is 1. The van der Waals surface area contributed by atoms with E-state index in [0.29, 0.717) is 33.3 Å². The number of fused-ring (bicyclic) bond motifs is 2. The van der Waals surface area contributed by atoms with Crippen molar-refractivity contribution < 1.29 is 23.5 Å². The van der Waals surface area contributed by atoms with Crippen LogP contribution in [0, 0.1) is 0 Å². The number of allylic oxidation sites excluding steroid dienone is 5. The average molecular weight is 450 g/mol. The summed E-state index contributed by atoms with van der Waals surface area (Å²) in [5.41, 5.74) is 4.43. The molecule has 0 amide bonds. The summed E-state index contributed by atoms with van der Waals surface area (Å²) < 4.78 is 27.1. The molecule has 6 nitrogen and oxygen atoms in total. The van der Waals surface area contributed by atoms with Gasteiger partial charge in [0.1, 0.15) is 25.6 Å². The van der Waals surface area contributed by atoms with Gasteiger partial charge in [-0.1, -0.05) is 12.1 Å². The van der Waals surface area contributed by atoms with E-state index in [1.54, 1.807) is 26.4 Å². The second-order valence-electron chi connectivity index (χ2n) is 8.16. The van der Waals surface area contributed by atoms with Crippen LogP contribution in [0.1, 0.15) is 11.1 Å². The van der Waals surface area contributed by atoms with Gasteiger partial charge in [-0.2, -0.15) is 0 Å². The van der Waals surface area contributed by atoms with E-state index >= 15 is 0 Å². The van der Waals surface area contributed by atoms with Crippen LogP contribution in [0.2, 0.25) is 0 Å². The quantitative estimate of drug-likeness (QED) is 0.529. The number of hydrogen-bond donors (Lipinski definition) is 0. The molecule has 1 atom stereocenters. The smallest absolute Gasteiger partial charge is 0.200 e. The average Bonchev–Trinajstić information content (AvgIpc) is 2.78. The van der Waals surface area contributed by atoms with Gasteiger partial charge >= 0.3 is 0 Å². The Balaban J connectivity index is 2.17. The van der Waals surface area contributed by atoms with E-state index < -0.39 is 7.37 Å². The molecule has 7 heteroatoms. The minimum absolute atomic E-state index is 0.301. The first kappa shape index (κ1) is 22.1. The predicted octanol–water partition coefficient (Wildman–Crippen LogP) is 3.02. The lowest BCUT2D eigenvalue weighted by Crippen LogP contribution is -2.28. The molecule has 0 radical (unpaired) electrons. The fourth-order valence-corrected chi connectivity index (χ4v) is 6.02. The Morgan fingerprint density at radius 2 is 1.66 bits per heavy atom. The molecule has 2 aromatic rings. The lowest BCUT2D eigenvalue weighted by Gasteiger charge is -2.37. The number of nitrogens with zero attached hydrogens (tertiary/aromatic N) is 2. The van der Waals surface area contributed by atoms with Crippen molar-refractivity contribution in [2.75, 3.05) is 47.3 Å². The summed E-state index contributed by atoms with van der Waals surface area (Å²) in [5.74, 6) is 1.24. The standard InChI is InChI=1S/C25H27N2O4P/c1-26(2)16-10-12-18-22(14-16)32(28,29)23-15-17(27(3)4)11-13-19(23)24(18)25-20(30-5)8-7-9-21(25)31-6/h7-15H,1-6H3. The molecule has 0 spiro atoms. The molecule has 0 aromatic heterocycles. The van der Waals surface area contributed by atoms with Gasteiger partial charge < -0.3 is 23.8 Å². The summed E-state index contributed by atoms with van der Waals surface area (Å²) in [6.45, 7) is 0. The van der Waals surface area contributed by atoms with Crippen molar-refractivity contribution in [3.63, 3.8) is 0 Å². The van der Waals surface area contributed by atoms with E-state index in [4.69, 9.17) is 9.47 Å². The number of hydrogen-bond acceptors (Lipinski definition) is 5. The maximum Gasteiger partial charge on any atom is 0.200 e. The lowest BCUT2D eigenvalue weighted by atomic mass is 9.88. The zero-order chi connectivity index (χ0) is 23.2. The molecule has 1 aliphatic heterocycles. The van der Waals surface area contributed by atoms with Crippen molar-refractivity contribution in [3.05, 3.63) is 76.6 Å². The minimum atomic E-state index is -4.11. The largest absolute Gasteiger partial charge is 0.793 e. The van der Waals surface area contributed by atoms with Gasteiger partial charge in [0.2, 0.25) is 0 Å². The summed E-state index contributed by atoms with van der Waals surface area (Å²) >= 11 is 0. The van der Waals surface area contributed by atoms with Gasteiger partial charge in [0.15, 0.2) is 5.71 Å². The molecule has 2 aromatic carbocycles. The third-order valence-corrected chi connectivity index (χ3v) is 7.85. The molecule has 0 fully saturated rings. The Kier molecular flexibility index (Phi) is 5.61. The van der Waals surface area contributed by atoms with E-state index in [1.807, 2.05) is 80.1 Å². The normalized spacial score (nSPS) is 19.2. The molecule has 1 aliphatic carbocycles. The third kappa shape index (κ3) is 3.40. The number of rotatable bonds is 4. The van der Waals surface area contributed by atoms with Gasteiger partial charge in [-0.3, -0.25) is 0 Å². The minimum Gasteiger partial charge on any atom is -0.793 e. The maximum absolute atomic E-state index is 13.8. The molecule has 1 unspecified atom stereocenters. The molecular weight excluding hydrogens is 423 g/mol. The lowest BCUT2D eigenvalue weighted by molar-refractivity contribution is -0.462. The van der Waals surface area contributed by atoms with Gasteiger partial charge in [-0.25, -0.2) is 4.58 Å². The van der Waals surface area contributed by atoms with Crippen molar-refractivity contribution >= 4 is 29.6 Å². The zero-order valence-corrected chi connectivity index (χ0v) is 20.1. The molecule has 166 valence electrons. The highest BCUT2D eigenvalue weighted by Crippen LogP contribution is 2.58. The van der Waals surface area contributed by atoms with Crippen LogP contribution >= 0.6 is 7.37 Å². The molecular formula is C25H27N2O4P. The topological polar surface area (TPSA) is 64.8 Å². The highest BCUT2D eigenvalue weighted by Gasteiger charge is 2.36. The Labute approximate surface area is 188 Å². The van der Waals surface area contributed by atoms with Gasteiger partial charge in [-0.05, 0) is 41.5 Å². The van der Waals surface area contributed by atoms with Crippen LogP contribution in [-0.2, 0) is 4.57 Å². The van der Waals surface area contributed by atoms with Crippen LogP contribution in [0.25, 0.3) is 5.57 Å². The van der Waals surface area contributed by atoms with Crippen molar-refractivity contribution in [3.8, 4) is 11.5 Å². The monoisotopic (exact) mass is 450 g/mol. The van der Waals surface area contributed by atoms with Gasteiger partial charge in [-0.15, -0.1) is 0 Å². The van der Waals surface area contributed by atoms with Gasteiger partial charge in [0.25, 0.3) is 0 Å². The molecule has 4 rings (SSSR count). The second-order valence-corrected chi connectivity index (χ2v) is 10.2. The molecule has 0 N–H and O–H groups in total. The van der Waals surface area contributed by atoms with Crippen LogP contribution < -0.4 is 24.6 Å². The number of benzene rings is 2.